The minimum atomic E-state index is -0.241. The molecule has 0 unspecified atom stereocenters. The minimum absolute atomic E-state index is 0.217. The lowest BCUT2D eigenvalue weighted by Gasteiger charge is -2.06. The van der Waals surface area contributed by atoms with Gasteiger partial charge in [-0.1, -0.05) is 11.6 Å². The van der Waals surface area contributed by atoms with Crippen LogP contribution in [0.25, 0.3) is 0 Å². The van der Waals surface area contributed by atoms with E-state index in [0.29, 0.717) is 17.0 Å². The van der Waals surface area contributed by atoms with Crippen molar-refractivity contribution in [1.82, 2.24) is 0 Å². The highest BCUT2D eigenvalue weighted by atomic mass is 35.5. The first-order chi connectivity index (χ1) is 6.16. The maximum Gasteiger partial charge on any atom is 0.162 e. The lowest BCUT2D eigenvalue weighted by atomic mass is 10.1. The Morgan fingerprint density at radius 2 is 2.08 bits per heavy atom. The topological polar surface area (TPSA) is 57.5 Å². The molecule has 0 aliphatic heterocycles. The number of phenols is 2. The SMILES string of the molecule is O=CCCc1c(Cl)ccc(O)c1O. The fourth-order valence-corrected chi connectivity index (χ4v) is 1.29. The van der Waals surface area contributed by atoms with Crippen LogP contribution in [0, 0.1) is 0 Å². The molecule has 0 spiro atoms. The van der Waals surface area contributed by atoms with E-state index in [1.807, 2.05) is 0 Å². The Bertz CT molecular complexity index is 323. The van der Waals surface area contributed by atoms with E-state index in [2.05, 4.69) is 0 Å². The first-order valence-electron chi connectivity index (χ1n) is 3.79. The van der Waals surface area contributed by atoms with Gasteiger partial charge >= 0.3 is 0 Å². The van der Waals surface area contributed by atoms with E-state index in [-0.39, 0.29) is 17.9 Å². The van der Waals surface area contributed by atoms with Crippen molar-refractivity contribution in [2.45, 2.75) is 12.8 Å². The van der Waals surface area contributed by atoms with Gasteiger partial charge in [-0.25, -0.2) is 0 Å². The molecule has 0 atom stereocenters. The Morgan fingerprint density at radius 1 is 1.38 bits per heavy atom. The zero-order valence-corrected chi connectivity index (χ0v) is 7.58. The second-order valence-corrected chi connectivity index (χ2v) is 3.01. The maximum absolute atomic E-state index is 10.1. The van der Waals surface area contributed by atoms with Gasteiger partial charge in [0.25, 0.3) is 0 Å². The number of halogens is 1. The Hall–Kier alpha value is -1.22. The Morgan fingerprint density at radius 3 is 2.69 bits per heavy atom. The molecule has 4 heteroatoms. The molecule has 2 N–H and O–H groups in total. The first kappa shape index (κ1) is 9.86. The van der Waals surface area contributed by atoms with Gasteiger partial charge in [-0.2, -0.15) is 0 Å². The van der Waals surface area contributed by atoms with Crippen molar-refractivity contribution in [3.05, 3.63) is 22.7 Å². The van der Waals surface area contributed by atoms with Crippen molar-refractivity contribution < 1.29 is 15.0 Å². The minimum Gasteiger partial charge on any atom is -0.504 e. The predicted molar refractivity (Wildman–Crippen MR) is 49.2 cm³/mol. The fraction of sp³-hybridized carbons (Fsp3) is 0.222. The van der Waals surface area contributed by atoms with E-state index >= 15 is 0 Å². The zero-order chi connectivity index (χ0) is 9.84. The van der Waals surface area contributed by atoms with Crippen LogP contribution < -0.4 is 0 Å². The average molecular weight is 201 g/mol. The predicted octanol–water partition coefficient (Wildman–Crippen LogP) is 1.88. The summed E-state index contributed by atoms with van der Waals surface area (Å²) in [5, 5.41) is 18.8. The van der Waals surface area contributed by atoms with E-state index in [4.69, 9.17) is 16.7 Å². The standard InChI is InChI=1S/C9H9ClO3/c10-7-3-4-8(12)9(13)6(7)2-1-5-11/h3-5,12-13H,1-2H2. The van der Waals surface area contributed by atoms with Gasteiger partial charge in [0.05, 0.1) is 0 Å². The van der Waals surface area contributed by atoms with Gasteiger partial charge < -0.3 is 15.0 Å². The van der Waals surface area contributed by atoms with Crippen molar-refractivity contribution in [1.29, 1.82) is 0 Å². The van der Waals surface area contributed by atoms with Crippen LogP contribution in [0.1, 0.15) is 12.0 Å². The molecule has 0 saturated carbocycles. The van der Waals surface area contributed by atoms with E-state index in [9.17, 15) is 9.90 Å². The molecule has 1 aromatic rings. The highest BCUT2D eigenvalue weighted by Gasteiger charge is 2.09. The summed E-state index contributed by atoms with van der Waals surface area (Å²) in [6, 6.07) is 2.79. The number of rotatable bonds is 3. The number of benzene rings is 1. The van der Waals surface area contributed by atoms with Crippen LogP contribution in [0.5, 0.6) is 11.5 Å². The number of aldehydes is 1. The van der Waals surface area contributed by atoms with Gasteiger partial charge in [-0.15, -0.1) is 0 Å². The third-order valence-electron chi connectivity index (χ3n) is 1.72. The Kier molecular flexibility index (Phi) is 3.14. The summed E-state index contributed by atoms with van der Waals surface area (Å²) in [6.07, 6.45) is 1.35. The second kappa shape index (κ2) is 4.14. The van der Waals surface area contributed by atoms with Crippen molar-refractivity contribution in [3.63, 3.8) is 0 Å². The van der Waals surface area contributed by atoms with Crippen molar-refractivity contribution in [2.24, 2.45) is 0 Å². The molecule has 0 fully saturated rings. The third kappa shape index (κ3) is 2.12. The second-order valence-electron chi connectivity index (χ2n) is 2.60. The molecular weight excluding hydrogens is 192 g/mol. The molecule has 0 aliphatic carbocycles. The number of carbonyl (C=O) groups is 1. The monoisotopic (exact) mass is 200 g/mol. The number of hydrogen-bond donors (Lipinski definition) is 2. The molecule has 0 aliphatic rings. The van der Waals surface area contributed by atoms with E-state index < -0.39 is 0 Å². The summed E-state index contributed by atoms with van der Waals surface area (Å²) in [7, 11) is 0. The van der Waals surface area contributed by atoms with Crippen LogP contribution in [-0.4, -0.2) is 16.5 Å². The molecule has 0 saturated heterocycles. The summed E-state index contributed by atoms with van der Waals surface area (Å²) in [6.45, 7) is 0. The molecule has 0 aromatic heterocycles. The quantitative estimate of drug-likeness (QED) is 0.579. The number of carbonyl (C=O) groups excluding carboxylic acids is 1. The summed E-state index contributed by atoms with van der Waals surface area (Å²) >= 11 is 5.75. The Balaban J connectivity index is 3.02. The molecule has 3 nitrogen and oxygen atoms in total. The van der Waals surface area contributed by atoms with E-state index in [1.165, 1.54) is 12.1 Å². The molecule has 13 heavy (non-hydrogen) atoms. The van der Waals surface area contributed by atoms with Gasteiger partial charge in [0.2, 0.25) is 0 Å². The van der Waals surface area contributed by atoms with Crippen LogP contribution in [-0.2, 0) is 11.2 Å². The van der Waals surface area contributed by atoms with Crippen LogP contribution in [0.3, 0.4) is 0 Å². The van der Waals surface area contributed by atoms with Gasteiger partial charge in [-0.3, -0.25) is 0 Å². The zero-order valence-electron chi connectivity index (χ0n) is 6.83. The molecule has 70 valence electrons. The number of phenolic OH excluding ortho intramolecular Hbond substituents is 2. The fourth-order valence-electron chi connectivity index (χ4n) is 1.04. The van der Waals surface area contributed by atoms with Crippen LogP contribution >= 0.6 is 11.6 Å². The first-order valence-corrected chi connectivity index (χ1v) is 4.17. The lowest BCUT2D eigenvalue weighted by molar-refractivity contribution is -0.107. The van der Waals surface area contributed by atoms with Gasteiger partial charge in [0, 0.05) is 17.0 Å². The average Bonchev–Trinajstić information content (AvgIpc) is 2.12. The number of aromatic hydroxyl groups is 2. The lowest BCUT2D eigenvalue weighted by Crippen LogP contribution is -1.89. The van der Waals surface area contributed by atoms with Gasteiger partial charge in [0.1, 0.15) is 6.29 Å². The molecule has 0 amide bonds. The highest BCUT2D eigenvalue weighted by Crippen LogP contribution is 2.34. The molecule has 1 rings (SSSR count). The normalized spacial score (nSPS) is 9.92. The van der Waals surface area contributed by atoms with Crippen molar-refractivity contribution >= 4 is 17.9 Å². The van der Waals surface area contributed by atoms with Crippen molar-refractivity contribution in [2.75, 3.05) is 0 Å². The summed E-state index contributed by atoms with van der Waals surface area (Å²) in [5.74, 6) is -0.459. The van der Waals surface area contributed by atoms with E-state index in [1.54, 1.807) is 0 Å². The summed E-state index contributed by atoms with van der Waals surface area (Å²) in [4.78, 5) is 10.1. The molecular formula is C9H9ClO3. The molecule has 1 aromatic carbocycles. The van der Waals surface area contributed by atoms with Crippen LogP contribution in [0.2, 0.25) is 5.02 Å². The van der Waals surface area contributed by atoms with E-state index in [0.717, 1.165) is 6.29 Å². The smallest absolute Gasteiger partial charge is 0.162 e. The maximum atomic E-state index is 10.1. The largest absolute Gasteiger partial charge is 0.504 e. The Labute approximate surface area is 80.6 Å². The van der Waals surface area contributed by atoms with Crippen LogP contribution in [0.15, 0.2) is 12.1 Å². The third-order valence-corrected chi connectivity index (χ3v) is 2.07. The van der Waals surface area contributed by atoms with Crippen LogP contribution in [0.4, 0.5) is 0 Å². The highest BCUT2D eigenvalue weighted by molar-refractivity contribution is 6.31. The van der Waals surface area contributed by atoms with Crippen molar-refractivity contribution in [3.8, 4) is 11.5 Å². The summed E-state index contributed by atoms with van der Waals surface area (Å²) in [5.41, 5.74) is 0.411. The van der Waals surface area contributed by atoms with Gasteiger partial charge in [0.15, 0.2) is 11.5 Å². The molecule has 0 radical (unpaired) electrons. The summed E-state index contributed by atoms with van der Waals surface area (Å²) < 4.78 is 0. The molecule has 0 bridgehead atoms. The number of hydrogen-bond acceptors (Lipinski definition) is 3. The van der Waals surface area contributed by atoms with Gasteiger partial charge in [-0.05, 0) is 18.6 Å². The molecule has 0 heterocycles.